The van der Waals surface area contributed by atoms with Crippen LogP contribution in [0.15, 0.2) is 24.3 Å². The normalized spacial score (nSPS) is 11.9. The third kappa shape index (κ3) is 8.92. The second-order valence-electron chi connectivity index (χ2n) is 8.93. The molecule has 0 aliphatic rings. The van der Waals surface area contributed by atoms with Crippen molar-refractivity contribution >= 4 is 66.8 Å². The molecule has 0 unspecified atom stereocenters. The third-order valence-electron chi connectivity index (χ3n) is 5.52. The first-order chi connectivity index (χ1) is 19.1. The Morgan fingerprint density at radius 1 is 0.833 bits per heavy atom. The maximum absolute atomic E-state index is 13.3. The number of nitro benzene ring substituents is 1. The van der Waals surface area contributed by atoms with Crippen molar-refractivity contribution in [3.8, 4) is 0 Å². The van der Waals surface area contributed by atoms with Crippen LogP contribution in [0.3, 0.4) is 0 Å². The van der Waals surface area contributed by atoms with Gasteiger partial charge in [0.05, 0.1) is 26.8 Å². The summed E-state index contributed by atoms with van der Waals surface area (Å²) in [5.41, 5.74) is 3.11. The van der Waals surface area contributed by atoms with Crippen LogP contribution in [0.5, 0.6) is 0 Å². The first-order valence-corrected chi connectivity index (χ1v) is 15.2. The van der Waals surface area contributed by atoms with Crippen LogP contribution in [-0.4, -0.2) is 68.4 Å². The van der Waals surface area contributed by atoms with Gasteiger partial charge in [-0.1, -0.05) is 23.2 Å². The van der Waals surface area contributed by atoms with Gasteiger partial charge in [0.25, 0.3) is 11.8 Å². The Labute approximate surface area is 251 Å². The van der Waals surface area contributed by atoms with E-state index in [1.165, 1.54) is 14.1 Å². The smallest absolute Gasteiger partial charge is 0.324 e. The number of carbonyl (C=O) groups is 2. The van der Waals surface area contributed by atoms with Gasteiger partial charge in [-0.05, 0) is 52.0 Å². The molecule has 0 saturated carbocycles. The van der Waals surface area contributed by atoms with E-state index in [0.717, 1.165) is 26.8 Å². The molecule has 0 aliphatic carbocycles. The number of nitrogens with one attached hydrogen (secondary N) is 2. The number of hydrogen-bond acceptors (Lipinski definition) is 9. The van der Waals surface area contributed by atoms with E-state index in [1.54, 1.807) is 32.4 Å². The van der Waals surface area contributed by atoms with Crippen molar-refractivity contribution in [1.29, 1.82) is 0 Å². The summed E-state index contributed by atoms with van der Waals surface area (Å²) in [6.45, 7) is 6.46. The van der Waals surface area contributed by atoms with Gasteiger partial charge in [0.1, 0.15) is 10.8 Å². The third-order valence-corrected chi connectivity index (χ3v) is 9.56. The molecule has 20 heteroatoms. The zero-order valence-corrected chi connectivity index (χ0v) is 26.1. The van der Waals surface area contributed by atoms with Gasteiger partial charge < -0.3 is 5.73 Å². The number of anilines is 1. The molecule has 0 heterocycles. The van der Waals surface area contributed by atoms with Crippen molar-refractivity contribution in [2.45, 2.75) is 39.8 Å². The summed E-state index contributed by atoms with van der Waals surface area (Å²) in [6.07, 6.45) is 0. The molecule has 2 amide bonds. The molecule has 0 spiro atoms. The number of nitro groups is 1. The lowest BCUT2D eigenvalue weighted by Crippen LogP contribution is -2.44. The molecular formula is C22H28Cl2F2N6O8S2. The number of nitrogens with zero attached hydrogens (tertiary/aromatic N) is 3. The van der Waals surface area contributed by atoms with Crippen molar-refractivity contribution in [3.63, 3.8) is 0 Å². The molecule has 0 bridgehead atoms. The molecular weight excluding hydrogens is 649 g/mol. The number of nitrogen functional groups attached to an aromatic ring is 1. The largest absolute Gasteiger partial charge is 0.395 e. The van der Waals surface area contributed by atoms with Crippen molar-refractivity contribution in [2.75, 3.05) is 19.8 Å². The lowest BCUT2D eigenvalue weighted by Gasteiger charge is -2.21. The quantitative estimate of drug-likeness (QED) is 0.203. The Morgan fingerprint density at radius 3 is 1.55 bits per heavy atom. The Morgan fingerprint density at radius 2 is 1.19 bits per heavy atom. The minimum absolute atomic E-state index is 0.216. The van der Waals surface area contributed by atoms with Crippen LogP contribution in [0.4, 0.5) is 20.2 Å². The zero-order valence-electron chi connectivity index (χ0n) is 23.0. The van der Waals surface area contributed by atoms with Gasteiger partial charge >= 0.3 is 26.1 Å². The second-order valence-corrected chi connectivity index (χ2v) is 13.1. The number of hydrogen-bond donors (Lipinski definition) is 3. The monoisotopic (exact) mass is 676 g/mol. The molecule has 2 rings (SSSR count). The Kier molecular flexibility index (Phi) is 12.6. The Bertz CT molecular complexity index is 1590. The number of rotatable bonds is 9. The SMILES string of the molecule is CC(C)N(C)S(=O)(=O)NC(=O)c1ccc(F)c(N)c1Cl.CC(C)N(C)S(=O)(=O)NC(=O)c1ccc(F)c([N+](=O)[O-])c1Cl. The Balaban J connectivity index is 0.000000422. The van der Waals surface area contributed by atoms with Gasteiger partial charge in [-0.15, -0.1) is 0 Å². The van der Waals surface area contributed by atoms with Crippen LogP contribution < -0.4 is 15.2 Å². The fourth-order valence-corrected chi connectivity index (χ4v) is 5.31. The van der Waals surface area contributed by atoms with Crippen LogP contribution in [0.2, 0.25) is 10.0 Å². The van der Waals surface area contributed by atoms with Crippen LogP contribution in [0.1, 0.15) is 48.4 Å². The van der Waals surface area contributed by atoms with Crippen LogP contribution >= 0.6 is 23.2 Å². The van der Waals surface area contributed by atoms with E-state index >= 15 is 0 Å². The topological polar surface area (TPSA) is 202 Å². The molecule has 14 nitrogen and oxygen atoms in total. The summed E-state index contributed by atoms with van der Waals surface area (Å²) in [5, 5.41) is 9.62. The summed E-state index contributed by atoms with van der Waals surface area (Å²) in [7, 11) is -5.60. The summed E-state index contributed by atoms with van der Waals surface area (Å²) in [5.74, 6) is -4.18. The first-order valence-electron chi connectivity index (χ1n) is 11.5. The van der Waals surface area contributed by atoms with Crippen LogP contribution in [0.25, 0.3) is 0 Å². The maximum Gasteiger partial charge on any atom is 0.324 e. The van der Waals surface area contributed by atoms with Gasteiger partial charge in [-0.25, -0.2) is 13.8 Å². The average molecular weight is 678 g/mol. The Hall–Kier alpha value is -3.16. The van der Waals surface area contributed by atoms with E-state index in [1.807, 2.05) is 4.72 Å². The molecule has 234 valence electrons. The number of amides is 2. The summed E-state index contributed by atoms with van der Waals surface area (Å²) >= 11 is 11.4. The van der Waals surface area contributed by atoms with Gasteiger partial charge in [0.15, 0.2) is 0 Å². The minimum atomic E-state index is -4.16. The number of halogens is 4. The maximum atomic E-state index is 13.3. The fraction of sp³-hybridized carbons (Fsp3) is 0.364. The molecule has 0 fully saturated rings. The number of nitrogens with two attached hydrogens (primary N) is 1. The predicted octanol–water partition coefficient (Wildman–Crippen LogP) is 3.08. The summed E-state index contributed by atoms with van der Waals surface area (Å²) in [4.78, 5) is 33.5. The number of carbonyl (C=O) groups excluding carboxylic acids is 2. The summed E-state index contributed by atoms with van der Waals surface area (Å²) in [6, 6.07) is 2.77. The molecule has 2 aromatic rings. The van der Waals surface area contributed by atoms with E-state index in [9.17, 15) is 45.3 Å². The highest BCUT2D eigenvalue weighted by atomic mass is 35.5. The highest BCUT2D eigenvalue weighted by Gasteiger charge is 2.29. The zero-order chi connectivity index (χ0) is 32.9. The van der Waals surface area contributed by atoms with Gasteiger partial charge in [0.2, 0.25) is 5.82 Å². The first kappa shape index (κ1) is 36.9. The van der Waals surface area contributed by atoms with Crippen LogP contribution in [-0.2, 0) is 20.4 Å². The highest BCUT2D eigenvalue weighted by Crippen LogP contribution is 2.31. The lowest BCUT2D eigenvalue weighted by atomic mass is 10.2. The van der Waals surface area contributed by atoms with Crippen molar-refractivity contribution in [1.82, 2.24) is 18.1 Å². The van der Waals surface area contributed by atoms with E-state index in [0.29, 0.717) is 6.07 Å². The van der Waals surface area contributed by atoms with E-state index in [2.05, 4.69) is 0 Å². The molecule has 2 aromatic carbocycles. The van der Waals surface area contributed by atoms with Crippen LogP contribution in [0, 0.1) is 21.7 Å². The van der Waals surface area contributed by atoms with Crippen molar-refractivity contribution in [3.05, 3.63) is 67.2 Å². The van der Waals surface area contributed by atoms with Crippen molar-refractivity contribution in [2.24, 2.45) is 0 Å². The predicted molar refractivity (Wildman–Crippen MR) is 152 cm³/mol. The molecule has 0 radical (unpaired) electrons. The lowest BCUT2D eigenvalue weighted by molar-refractivity contribution is -0.387. The average Bonchev–Trinajstić information content (AvgIpc) is 2.85. The fourth-order valence-electron chi connectivity index (χ4n) is 2.67. The van der Waals surface area contributed by atoms with Gasteiger partial charge in [-0.3, -0.25) is 19.7 Å². The van der Waals surface area contributed by atoms with Crippen molar-refractivity contribution < 1.29 is 40.1 Å². The number of benzene rings is 2. The summed E-state index contributed by atoms with van der Waals surface area (Å²) < 4.78 is 79.4. The second kappa shape index (κ2) is 14.3. The molecule has 42 heavy (non-hydrogen) atoms. The highest BCUT2D eigenvalue weighted by molar-refractivity contribution is 7.88. The standard InChI is InChI=1S/C11H13ClFN3O5S.C11H15ClFN3O3S/c1-6(2)15(3)22(20,21)14-11(17)7-4-5-8(13)10(9(7)12)16(18)19;1-6(2)16(3)20(18,19)15-11(17)7-4-5-8(13)10(14)9(7)12/h4-6H,1-3H3,(H,14,17);4-6H,14H2,1-3H3,(H,15,17). The van der Waals surface area contributed by atoms with E-state index < -0.39 is 76.8 Å². The molecule has 0 saturated heterocycles. The molecule has 0 aliphatic heterocycles. The van der Waals surface area contributed by atoms with E-state index in [4.69, 9.17) is 28.9 Å². The molecule has 0 atom stereocenters. The van der Waals surface area contributed by atoms with Gasteiger partial charge in [0, 0.05) is 26.2 Å². The minimum Gasteiger partial charge on any atom is -0.395 e. The molecule has 4 N–H and O–H groups in total. The van der Waals surface area contributed by atoms with E-state index in [-0.39, 0.29) is 16.6 Å². The van der Waals surface area contributed by atoms with Gasteiger partial charge in [-0.2, -0.15) is 29.8 Å². The molecule has 0 aromatic heterocycles.